The lowest BCUT2D eigenvalue weighted by atomic mass is 10.2. The van der Waals surface area contributed by atoms with Crippen LogP contribution in [0.1, 0.15) is 5.56 Å². The number of benzene rings is 3. The van der Waals surface area contributed by atoms with E-state index in [1.54, 1.807) is 48.5 Å². The topological polar surface area (TPSA) is 65.5 Å². The normalized spacial score (nSPS) is 11.2. The van der Waals surface area contributed by atoms with Crippen LogP contribution in [0.2, 0.25) is 0 Å². The van der Waals surface area contributed by atoms with Crippen molar-refractivity contribution in [3.63, 3.8) is 0 Å². The molecule has 4 aromatic rings. The maximum atomic E-state index is 13.2. The van der Waals surface area contributed by atoms with Crippen LogP contribution < -0.4 is 9.47 Å². The van der Waals surface area contributed by atoms with Crippen molar-refractivity contribution in [1.29, 1.82) is 0 Å². The lowest BCUT2D eigenvalue weighted by Gasteiger charge is -2.06. The Balaban J connectivity index is 1.76. The highest BCUT2D eigenvalue weighted by molar-refractivity contribution is 7.91. The first-order valence-electron chi connectivity index (χ1n) is 8.81. The van der Waals surface area contributed by atoms with Crippen molar-refractivity contribution < 1.29 is 17.9 Å². The summed E-state index contributed by atoms with van der Waals surface area (Å²) in [6, 6.07) is 24.7. The smallest absolute Gasteiger partial charge is 0.283 e. The predicted molar refractivity (Wildman–Crippen MR) is 112 cm³/mol. The molecule has 0 fully saturated rings. The molecule has 3 aromatic carbocycles. The predicted octanol–water partition coefficient (Wildman–Crippen LogP) is 5.87. The second-order valence-corrected chi connectivity index (χ2v) is 9.01. The number of para-hydroxylation sites is 2. The lowest BCUT2D eigenvalue weighted by Crippen LogP contribution is -2.04. The van der Waals surface area contributed by atoms with Crippen LogP contribution in [0.5, 0.6) is 21.8 Å². The van der Waals surface area contributed by atoms with Crippen LogP contribution in [0.15, 0.2) is 94.9 Å². The maximum absolute atomic E-state index is 13.2. The molecule has 0 aliphatic rings. The Morgan fingerprint density at radius 2 is 1.31 bits per heavy atom. The van der Waals surface area contributed by atoms with Gasteiger partial charge in [-0.1, -0.05) is 54.1 Å². The summed E-state index contributed by atoms with van der Waals surface area (Å²) in [5.74, 6) is 1.08. The fourth-order valence-corrected chi connectivity index (χ4v) is 4.96. The average Bonchev–Trinajstić information content (AvgIpc) is 3.13. The van der Waals surface area contributed by atoms with Crippen molar-refractivity contribution >= 4 is 21.2 Å². The molecule has 5 nitrogen and oxygen atoms in total. The number of nitrogens with zero attached hydrogens (tertiary/aromatic N) is 1. The molecule has 7 heteroatoms. The van der Waals surface area contributed by atoms with Gasteiger partial charge in [-0.05, 0) is 54.7 Å². The van der Waals surface area contributed by atoms with E-state index < -0.39 is 9.84 Å². The van der Waals surface area contributed by atoms with E-state index in [0.29, 0.717) is 11.5 Å². The SMILES string of the molecule is Cc1ccc(S(=O)(=O)c2nc(Oc3ccccc3)sc2Oc2ccccc2)cc1. The molecule has 0 N–H and O–H groups in total. The van der Waals surface area contributed by atoms with Crippen LogP contribution in [0, 0.1) is 6.92 Å². The van der Waals surface area contributed by atoms with E-state index in [1.807, 2.05) is 43.3 Å². The summed E-state index contributed by atoms with van der Waals surface area (Å²) < 4.78 is 38.1. The molecule has 0 spiro atoms. The Kier molecular flexibility index (Phi) is 5.33. The molecule has 0 amide bonds. The highest BCUT2D eigenvalue weighted by Gasteiger charge is 2.29. The van der Waals surface area contributed by atoms with Crippen molar-refractivity contribution in [3.05, 3.63) is 90.5 Å². The van der Waals surface area contributed by atoms with E-state index in [2.05, 4.69) is 4.98 Å². The van der Waals surface area contributed by atoms with Crippen LogP contribution in [0.3, 0.4) is 0 Å². The van der Waals surface area contributed by atoms with Crippen LogP contribution in [-0.4, -0.2) is 13.4 Å². The van der Waals surface area contributed by atoms with Gasteiger partial charge in [-0.25, -0.2) is 8.42 Å². The highest BCUT2D eigenvalue weighted by Crippen LogP contribution is 2.42. The van der Waals surface area contributed by atoms with E-state index in [-0.39, 0.29) is 20.2 Å². The number of ether oxygens (including phenoxy) is 2. The average molecular weight is 424 g/mol. The van der Waals surface area contributed by atoms with E-state index in [0.717, 1.165) is 16.9 Å². The highest BCUT2D eigenvalue weighted by atomic mass is 32.2. The Morgan fingerprint density at radius 3 is 1.90 bits per heavy atom. The molecule has 0 saturated carbocycles. The number of sulfone groups is 1. The number of thiazole rings is 1. The van der Waals surface area contributed by atoms with Crippen LogP contribution in [0.25, 0.3) is 0 Å². The molecular formula is C22H17NO4S2. The number of aryl methyl sites for hydroxylation is 1. The minimum atomic E-state index is -3.88. The second-order valence-electron chi connectivity index (χ2n) is 6.22. The molecule has 1 heterocycles. The third-order valence-corrected chi connectivity index (χ3v) is 6.65. The standard InChI is InChI=1S/C22H17NO4S2/c1-16-12-14-19(15-13-16)29(24,25)20-21(26-17-8-4-2-5-9-17)28-22(23-20)27-18-10-6-3-7-11-18/h2-15H,1H3. The van der Waals surface area contributed by atoms with Gasteiger partial charge in [-0.3, -0.25) is 0 Å². The van der Waals surface area contributed by atoms with Crippen molar-refractivity contribution in [3.8, 4) is 21.8 Å². The van der Waals surface area contributed by atoms with Crippen molar-refractivity contribution in [2.75, 3.05) is 0 Å². The fourth-order valence-electron chi connectivity index (χ4n) is 2.57. The zero-order chi connectivity index (χ0) is 20.3. The summed E-state index contributed by atoms with van der Waals surface area (Å²) in [5, 5.41) is 0.177. The molecule has 0 bridgehead atoms. The van der Waals surface area contributed by atoms with Gasteiger partial charge in [0.25, 0.3) is 5.19 Å². The van der Waals surface area contributed by atoms with E-state index in [9.17, 15) is 8.42 Å². The number of rotatable bonds is 6. The molecule has 0 radical (unpaired) electrons. The number of hydrogen-bond acceptors (Lipinski definition) is 6. The molecule has 0 unspecified atom stereocenters. The summed E-state index contributed by atoms with van der Waals surface area (Å²) in [5.41, 5.74) is 0.969. The Bertz CT molecular complexity index is 1200. The molecule has 0 aliphatic carbocycles. The van der Waals surface area contributed by atoms with Gasteiger partial charge in [0.05, 0.1) is 4.90 Å². The second kappa shape index (κ2) is 8.06. The van der Waals surface area contributed by atoms with Gasteiger partial charge in [0.1, 0.15) is 11.5 Å². The Hall–Kier alpha value is -3.16. The van der Waals surface area contributed by atoms with Crippen LogP contribution in [0.4, 0.5) is 0 Å². The summed E-state index contributed by atoms with van der Waals surface area (Å²) in [6.45, 7) is 1.90. The first-order valence-corrected chi connectivity index (χ1v) is 11.1. The number of hydrogen-bond donors (Lipinski definition) is 0. The lowest BCUT2D eigenvalue weighted by molar-refractivity contribution is 0.466. The van der Waals surface area contributed by atoms with Gasteiger partial charge in [0.15, 0.2) is 0 Å². The largest absolute Gasteiger partial charge is 0.443 e. The molecule has 0 atom stereocenters. The zero-order valence-corrected chi connectivity index (χ0v) is 17.1. The molecular weight excluding hydrogens is 406 g/mol. The third-order valence-electron chi connectivity index (χ3n) is 4.04. The van der Waals surface area contributed by atoms with Crippen LogP contribution >= 0.6 is 11.3 Å². The van der Waals surface area contributed by atoms with Crippen LogP contribution in [-0.2, 0) is 9.84 Å². The first-order chi connectivity index (χ1) is 14.0. The summed E-state index contributed by atoms with van der Waals surface area (Å²) in [6.07, 6.45) is 0. The van der Waals surface area contributed by atoms with Gasteiger partial charge in [-0.15, -0.1) is 0 Å². The Labute approximate surface area is 173 Å². The monoisotopic (exact) mass is 423 g/mol. The van der Waals surface area contributed by atoms with Gasteiger partial charge >= 0.3 is 0 Å². The van der Waals surface area contributed by atoms with Gasteiger partial charge < -0.3 is 9.47 Å². The first kappa shape index (κ1) is 19.2. The van der Waals surface area contributed by atoms with Crippen molar-refractivity contribution in [2.24, 2.45) is 0 Å². The molecule has 0 saturated heterocycles. The molecule has 29 heavy (non-hydrogen) atoms. The summed E-state index contributed by atoms with van der Waals surface area (Å²) >= 11 is 1.04. The minimum absolute atomic E-state index is 0.151. The van der Waals surface area contributed by atoms with E-state index in [1.165, 1.54) is 0 Å². The quantitative estimate of drug-likeness (QED) is 0.388. The molecule has 4 rings (SSSR count). The van der Waals surface area contributed by atoms with Gasteiger partial charge in [-0.2, -0.15) is 4.98 Å². The summed E-state index contributed by atoms with van der Waals surface area (Å²) in [4.78, 5) is 4.41. The van der Waals surface area contributed by atoms with Gasteiger partial charge in [0.2, 0.25) is 19.9 Å². The summed E-state index contributed by atoms with van der Waals surface area (Å²) in [7, 11) is -3.88. The third kappa shape index (κ3) is 4.31. The molecule has 146 valence electrons. The van der Waals surface area contributed by atoms with Crippen molar-refractivity contribution in [2.45, 2.75) is 16.8 Å². The minimum Gasteiger partial charge on any atom is -0.443 e. The Morgan fingerprint density at radius 1 is 0.759 bits per heavy atom. The molecule has 0 aliphatic heterocycles. The van der Waals surface area contributed by atoms with Gasteiger partial charge in [0, 0.05) is 0 Å². The van der Waals surface area contributed by atoms with E-state index in [4.69, 9.17) is 9.47 Å². The number of aromatic nitrogens is 1. The van der Waals surface area contributed by atoms with E-state index >= 15 is 0 Å². The molecule has 1 aromatic heterocycles. The zero-order valence-electron chi connectivity index (χ0n) is 15.5. The maximum Gasteiger partial charge on any atom is 0.283 e. The fraction of sp³-hybridized carbons (Fsp3) is 0.0455. The van der Waals surface area contributed by atoms with Crippen molar-refractivity contribution in [1.82, 2.24) is 4.98 Å².